The summed E-state index contributed by atoms with van der Waals surface area (Å²) in [6, 6.07) is 5.91. The number of nitrogens with zero attached hydrogens (tertiary/aromatic N) is 1. The number of amides is 3. The van der Waals surface area contributed by atoms with Gasteiger partial charge >= 0.3 is 0 Å². The van der Waals surface area contributed by atoms with Gasteiger partial charge in [0.15, 0.2) is 5.12 Å². The molecule has 0 saturated heterocycles. The lowest BCUT2D eigenvalue weighted by Gasteiger charge is -2.21. The summed E-state index contributed by atoms with van der Waals surface area (Å²) >= 11 is 0.833. The minimum Gasteiger partial charge on any atom is -0.346 e. The van der Waals surface area contributed by atoms with E-state index in [4.69, 9.17) is 0 Å². The Morgan fingerprint density at radius 2 is 1.71 bits per heavy atom. The van der Waals surface area contributed by atoms with Crippen molar-refractivity contribution in [1.82, 2.24) is 10.2 Å². The minimum atomic E-state index is -0.795. The molecule has 150 valence electrons. The van der Waals surface area contributed by atoms with E-state index in [9.17, 15) is 24.0 Å². The zero-order valence-electron chi connectivity index (χ0n) is 16.1. The standard InChI is InChI=1S/C20H24N2O5S/c1-12(2)10-14(11-23)21-18(25)17(28-13(3)24)8-9-22-19(26)15-6-4-5-7-16(15)20(22)27/h4-7,11-12,14,17H,8-10H2,1-3H3,(H,21,25)/t14-,17?/m0/s1. The monoisotopic (exact) mass is 404 g/mol. The zero-order valence-corrected chi connectivity index (χ0v) is 17.0. The van der Waals surface area contributed by atoms with Crippen molar-refractivity contribution in [2.45, 2.75) is 44.9 Å². The Morgan fingerprint density at radius 3 is 2.18 bits per heavy atom. The highest BCUT2D eigenvalue weighted by molar-refractivity contribution is 8.14. The zero-order chi connectivity index (χ0) is 20.8. The van der Waals surface area contributed by atoms with Gasteiger partial charge in [-0.25, -0.2) is 0 Å². The van der Waals surface area contributed by atoms with E-state index in [1.807, 2.05) is 13.8 Å². The number of fused-ring (bicyclic) bond motifs is 1. The molecule has 0 saturated carbocycles. The van der Waals surface area contributed by atoms with Crippen LogP contribution in [0.15, 0.2) is 24.3 Å². The van der Waals surface area contributed by atoms with Crippen LogP contribution in [0.5, 0.6) is 0 Å². The van der Waals surface area contributed by atoms with Crippen LogP contribution in [0.4, 0.5) is 0 Å². The van der Waals surface area contributed by atoms with Crippen molar-refractivity contribution in [3.8, 4) is 0 Å². The fourth-order valence-corrected chi connectivity index (χ4v) is 3.86. The number of imide groups is 1. The number of aldehydes is 1. The van der Waals surface area contributed by atoms with Gasteiger partial charge in [0.2, 0.25) is 5.91 Å². The van der Waals surface area contributed by atoms with E-state index in [0.29, 0.717) is 23.8 Å². The average Bonchev–Trinajstić information content (AvgIpc) is 2.88. The first kappa shape index (κ1) is 21.8. The maximum Gasteiger partial charge on any atom is 0.261 e. The van der Waals surface area contributed by atoms with Crippen LogP contribution in [0.1, 0.15) is 54.3 Å². The SMILES string of the molecule is CC(=O)SC(CCN1C(=O)c2ccccc2C1=O)C(=O)N[C@H](C=O)CC(C)C. The van der Waals surface area contributed by atoms with Gasteiger partial charge in [-0.05, 0) is 30.9 Å². The Labute approximate surface area is 168 Å². The van der Waals surface area contributed by atoms with Gasteiger partial charge in [-0.1, -0.05) is 37.7 Å². The average molecular weight is 404 g/mol. The highest BCUT2D eigenvalue weighted by Gasteiger charge is 2.36. The number of rotatable bonds is 9. The topological polar surface area (TPSA) is 101 Å². The van der Waals surface area contributed by atoms with E-state index in [1.54, 1.807) is 24.3 Å². The van der Waals surface area contributed by atoms with Crippen LogP contribution in [0.25, 0.3) is 0 Å². The van der Waals surface area contributed by atoms with Crippen LogP contribution in [0.3, 0.4) is 0 Å². The summed E-state index contributed by atoms with van der Waals surface area (Å²) in [7, 11) is 0. The number of hydrogen-bond donors (Lipinski definition) is 1. The first-order valence-corrected chi connectivity index (χ1v) is 10.0. The number of hydrogen-bond acceptors (Lipinski definition) is 6. The van der Waals surface area contributed by atoms with Crippen LogP contribution in [-0.4, -0.2) is 51.9 Å². The molecule has 0 fully saturated rings. The Hall–Kier alpha value is -2.48. The van der Waals surface area contributed by atoms with Gasteiger partial charge in [0.05, 0.1) is 22.4 Å². The van der Waals surface area contributed by atoms with Gasteiger partial charge in [0, 0.05) is 13.5 Å². The van der Waals surface area contributed by atoms with Crippen LogP contribution < -0.4 is 5.32 Å². The first-order chi connectivity index (χ1) is 13.2. The van der Waals surface area contributed by atoms with Crippen molar-refractivity contribution in [3.05, 3.63) is 35.4 Å². The highest BCUT2D eigenvalue weighted by atomic mass is 32.2. The fraction of sp³-hybridized carbons (Fsp3) is 0.450. The summed E-state index contributed by atoms with van der Waals surface area (Å²) in [6.45, 7) is 5.23. The molecule has 1 unspecified atom stereocenters. The molecule has 28 heavy (non-hydrogen) atoms. The second-order valence-electron chi connectivity index (χ2n) is 7.07. The predicted molar refractivity (Wildman–Crippen MR) is 106 cm³/mol. The Bertz CT molecular complexity index is 758. The molecule has 1 heterocycles. The van der Waals surface area contributed by atoms with Crippen molar-refractivity contribution in [1.29, 1.82) is 0 Å². The van der Waals surface area contributed by atoms with Gasteiger partial charge in [-0.2, -0.15) is 0 Å². The van der Waals surface area contributed by atoms with E-state index < -0.39 is 29.0 Å². The quantitative estimate of drug-likeness (QED) is 0.499. The van der Waals surface area contributed by atoms with Gasteiger partial charge < -0.3 is 10.1 Å². The van der Waals surface area contributed by atoms with Gasteiger partial charge in [-0.15, -0.1) is 0 Å². The summed E-state index contributed by atoms with van der Waals surface area (Å²) < 4.78 is 0. The Balaban J connectivity index is 2.05. The first-order valence-electron chi connectivity index (χ1n) is 9.12. The summed E-state index contributed by atoms with van der Waals surface area (Å²) in [5.41, 5.74) is 0.677. The van der Waals surface area contributed by atoms with Crippen molar-refractivity contribution in [2.75, 3.05) is 6.54 Å². The molecule has 3 amide bonds. The number of nitrogens with one attached hydrogen (secondary N) is 1. The lowest BCUT2D eigenvalue weighted by molar-refractivity contribution is -0.124. The van der Waals surface area contributed by atoms with Crippen molar-refractivity contribution < 1.29 is 24.0 Å². The largest absolute Gasteiger partial charge is 0.346 e. The predicted octanol–water partition coefficient (Wildman–Crippen LogP) is 2.05. The van der Waals surface area contributed by atoms with Gasteiger partial charge in [0.25, 0.3) is 11.8 Å². The molecule has 0 spiro atoms. The van der Waals surface area contributed by atoms with Gasteiger partial charge in [0.1, 0.15) is 6.29 Å². The molecule has 1 N–H and O–H groups in total. The smallest absolute Gasteiger partial charge is 0.261 e. The molecule has 2 rings (SSSR count). The second kappa shape index (κ2) is 9.64. The molecule has 0 aliphatic carbocycles. The van der Waals surface area contributed by atoms with E-state index in [0.717, 1.165) is 16.7 Å². The van der Waals surface area contributed by atoms with Crippen LogP contribution >= 0.6 is 11.8 Å². The van der Waals surface area contributed by atoms with E-state index in [2.05, 4.69) is 5.32 Å². The maximum absolute atomic E-state index is 12.6. The van der Waals surface area contributed by atoms with Crippen LogP contribution in [0.2, 0.25) is 0 Å². The lowest BCUT2D eigenvalue weighted by Crippen LogP contribution is -2.43. The van der Waals surface area contributed by atoms with Crippen molar-refractivity contribution >= 4 is 40.9 Å². The van der Waals surface area contributed by atoms with Gasteiger partial charge in [-0.3, -0.25) is 24.1 Å². The van der Waals surface area contributed by atoms with E-state index >= 15 is 0 Å². The Morgan fingerprint density at radius 1 is 1.14 bits per heavy atom. The summed E-state index contributed by atoms with van der Waals surface area (Å²) in [5.74, 6) is -1.04. The van der Waals surface area contributed by atoms with Crippen molar-refractivity contribution in [2.24, 2.45) is 5.92 Å². The number of benzene rings is 1. The molecular weight excluding hydrogens is 380 g/mol. The minimum absolute atomic E-state index is 0.0145. The molecule has 1 aliphatic rings. The molecule has 1 aromatic rings. The number of thioether (sulfide) groups is 1. The molecule has 0 bridgehead atoms. The lowest BCUT2D eigenvalue weighted by atomic mass is 10.0. The van der Waals surface area contributed by atoms with E-state index in [-0.39, 0.29) is 24.0 Å². The molecule has 1 aromatic carbocycles. The molecule has 7 nitrogen and oxygen atoms in total. The Kier molecular flexibility index (Phi) is 7.51. The highest BCUT2D eigenvalue weighted by Crippen LogP contribution is 2.24. The summed E-state index contributed by atoms with van der Waals surface area (Å²) in [6.07, 6.45) is 1.29. The maximum atomic E-state index is 12.6. The molecule has 8 heteroatoms. The molecule has 0 radical (unpaired) electrons. The molecule has 2 atom stereocenters. The third-order valence-electron chi connectivity index (χ3n) is 4.31. The third kappa shape index (κ3) is 5.28. The molecule has 0 aromatic heterocycles. The van der Waals surface area contributed by atoms with Crippen LogP contribution in [-0.2, 0) is 14.4 Å². The summed E-state index contributed by atoms with van der Waals surface area (Å²) in [4.78, 5) is 61.3. The third-order valence-corrected chi connectivity index (χ3v) is 5.38. The fourth-order valence-electron chi connectivity index (χ4n) is 3.06. The van der Waals surface area contributed by atoms with Crippen molar-refractivity contribution in [3.63, 3.8) is 0 Å². The molecule has 1 aliphatic heterocycles. The number of carbonyl (C=O) groups is 5. The second-order valence-corrected chi connectivity index (χ2v) is 8.45. The van der Waals surface area contributed by atoms with E-state index in [1.165, 1.54) is 6.92 Å². The normalized spacial score (nSPS) is 15.4. The molecular formula is C20H24N2O5S. The summed E-state index contributed by atoms with van der Waals surface area (Å²) in [5, 5.41) is 1.60. The van der Waals surface area contributed by atoms with Crippen LogP contribution in [0, 0.1) is 5.92 Å². The number of carbonyl (C=O) groups excluding carboxylic acids is 5.